The van der Waals surface area contributed by atoms with E-state index in [4.69, 9.17) is 0 Å². The Morgan fingerprint density at radius 1 is 1.20 bits per heavy atom. The molecule has 0 unspecified atom stereocenters. The van der Waals surface area contributed by atoms with E-state index >= 15 is 0 Å². The van der Waals surface area contributed by atoms with Crippen LogP contribution in [0.15, 0.2) is 35.5 Å². The molecule has 4 rings (SSSR count). The van der Waals surface area contributed by atoms with Crippen LogP contribution in [0, 0.1) is 6.92 Å². The van der Waals surface area contributed by atoms with Crippen LogP contribution in [0.1, 0.15) is 37.4 Å². The lowest BCUT2D eigenvalue weighted by atomic mass is 9.91. The number of aromatic nitrogens is 5. The van der Waals surface area contributed by atoms with Gasteiger partial charge in [0.25, 0.3) is 5.56 Å². The average Bonchev–Trinajstić information content (AvgIpc) is 2.91. The fraction of sp³-hybridized carbons (Fsp3) is 0.444. The minimum Gasteiger partial charge on any atom is -0.365 e. The third-order valence-corrected chi connectivity index (χ3v) is 5.19. The summed E-state index contributed by atoms with van der Waals surface area (Å²) >= 11 is 0. The van der Waals surface area contributed by atoms with Gasteiger partial charge in [0.05, 0.1) is 11.6 Å². The van der Waals surface area contributed by atoms with Crippen LogP contribution in [0.25, 0.3) is 11.0 Å². The zero-order valence-corrected chi connectivity index (χ0v) is 14.5. The summed E-state index contributed by atoms with van der Waals surface area (Å²) in [5.41, 5.74) is 3.15. The highest BCUT2D eigenvalue weighted by atomic mass is 16.1. The van der Waals surface area contributed by atoms with Gasteiger partial charge in [-0.3, -0.25) is 4.79 Å². The van der Waals surface area contributed by atoms with E-state index in [0.717, 1.165) is 48.2 Å². The smallest absolute Gasteiger partial charge is 0.266 e. The van der Waals surface area contributed by atoms with Crippen LogP contribution in [-0.4, -0.2) is 30.4 Å². The van der Waals surface area contributed by atoms with Crippen molar-refractivity contribution in [2.75, 3.05) is 5.32 Å². The predicted octanol–water partition coefficient (Wildman–Crippen LogP) is 2.43. The van der Waals surface area contributed by atoms with Gasteiger partial charge in [0.15, 0.2) is 5.82 Å². The second kappa shape index (κ2) is 6.31. The summed E-state index contributed by atoms with van der Waals surface area (Å²) in [5, 5.41) is 7.81. The molecule has 3 heterocycles. The van der Waals surface area contributed by atoms with Crippen molar-refractivity contribution in [2.45, 2.75) is 44.7 Å². The number of hydrogen-bond acceptors (Lipinski definition) is 5. The fourth-order valence-corrected chi connectivity index (χ4v) is 3.71. The average molecular weight is 338 g/mol. The van der Waals surface area contributed by atoms with Crippen molar-refractivity contribution in [1.82, 2.24) is 24.3 Å². The predicted molar refractivity (Wildman–Crippen MR) is 96.7 cm³/mol. The van der Waals surface area contributed by atoms with Gasteiger partial charge in [-0.15, -0.1) is 0 Å². The van der Waals surface area contributed by atoms with E-state index in [1.54, 1.807) is 29.3 Å². The Morgan fingerprint density at radius 3 is 2.76 bits per heavy atom. The largest absolute Gasteiger partial charge is 0.365 e. The minimum atomic E-state index is -0.0179. The minimum absolute atomic E-state index is 0.0179. The summed E-state index contributed by atoms with van der Waals surface area (Å²) < 4.78 is 3.75. The zero-order valence-electron chi connectivity index (χ0n) is 14.5. The number of rotatable bonds is 3. The highest BCUT2D eigenvalue weighted by molar-refractivity contribution is 5.87. The molecule has 1 aliphatic rings. The van der Waals surface area contributed by atoms with Crippen LogP contribution < -0.4 is 10.9 Å². The lowest BCUT2D eigenvalue weighted by Gasteiger charge is -2.29. The Bertz CT molecular complexity index is 952. The summed E-state index contributed by atoms with van der Waals surface area (Å²) in [5.74, 6) is 0.888. The molecule has 1 fully saturated rings. The van der Waals surface area contributed by atoms with Crippen molar-refractivity contribution < 1.29 is 0 Å². The molecule has 0 atom stereocenters. The summed E-state index contributed by atoms with van der Waals surface area (Å²) in [6.45, 7) is 2.07. The molecule has 0 aliphatic heterocycles. The van der Waals surface area contributed by atoms with E-state index in [-0.39, 0.29) is 11.6 Å². The Balaban J connectivity index is 1.49. The highest BCUT2D eigenvalue weighted by Crippen LogP contribution is 2.30. The molecule has 3 aromatic rings. The first kappa shape index (κ1) is 15.8. The van der Waals surface area contributed by atoms with Crippen LogP contribution in [0.4, 0.5) is 5.82 Å². The van der Waals surface area contributed by atoms with Crippen LogP contribution in [0.3, 0.4) is 0 Å². The molecule has 7 heteroatoms. The van der Waals surface area contributed by atoms with Gasteiger partial charge in [0.2, 0.25) is 0 Å². The van der Waals surface area contributed by atoms with E-state index in [1.165, 1.54) is 0 Å². The number of fused-ring (bicyclic) bond motifs is 1. The molecule has 0 spiro atoms. The van der Waals surface area contributed by atoms with Gasteiger partial charge in [-0.05, 0) is 44.7 Å². The topological polar surface area (TPSA) is 77.6 Å². The Kier molecular flexibility index (Phi) is 3.99. The van der Waals surface area contributed by atoms with E-state index in [1.807, 2.05) is 7.05 Å². The maximum atomic E-state index is 11.9. The molecule has 3 aromatic heterocycles. The third kappa shape index (κ3) is 2.90. The molecule has 0 saturated heterocycles. The Morgan fingerprint density at radius 2 is 2.00 bits per heavy atom. The number of anilines is 1. The van der Waals surface area contributed by atoms with Crippen molar-refractivity contribution in [3.8, 4) is 0 Å². The van der Waals surface area contributed by atoms with Gasteiger partial charge in [-0.1, -0.05) is 0 Å². The second-order valence-electron chi connectivity index (χ2n) is 6.76. The Labute approximate surface area is 145 Å². The number of aryl methyl sites for hydroxylation is 2. The summed E-state index contributed by atoms with van der Waals surface area (Å²) in [6.07, 6.45) is 7.15. The maximum Gasteiger partial charge on any atom is 0.266 e. The van der Waals surface area contributed by atoms with Crippen molar-refractivity contribution in [3.63, 3.8) is 0 Å². The van der Waals surface area contributed by atoms with Gasteiger partial charge < -0.3 is 9.88 Å². The first-order valence-corrected chi connectivity index (χ1v) is 8.71. The first-order valence-electron chi connectivity index (χ1n) is 8.71. The number of nitrogens with zero attached hydrogens (tertiary/aromatic N) is 5. The molecule has 130 valence electrons. The summed E-state index contributed by atoms with van der Waals surface area (Å²) in [4.78, 5) is 20.8. The molecule has 0 radical (unpaired) electrons. The Hall–Kier alpha value is -2.70. The van der Waals surface area contributed by atoms with Crippen molar-refractivity contribution in [1.29, 1.82) is 0 Å². The first-order chi connectivity index (χ1) is 12.1. The zero-order chi connectivity index (χ0) is 17.4. The van der Waals surface area contributed by atoms with Crippen LogP contribution in [0.2, 0.25) is 0 Å². The molecular weight excluding hydrogens is 316 g/mol. The normalized spacial score (nSPS) is 20.7. The van der Waals surface area contributed by atoms with Crippen LogP contribution in [-0.2, 0) is 7.05 Å². The number of hydrogen-bond donors (Lipinski definition) is 1. The molecule has 1 aliphatic carbocycles. The summed E-state index contributed by atoms with van der Waals surface area (Å²) in [7, 11) is 2.04. The second-order valence-corrected chi connectivity index (χ2v) is 6.76. The molecule has 7 nitrogen and oxygen atoms in total. The molecule has 0 bridgehead atoms. The van der Waals surface area contributed by atoms with E-state index < -0.39 is 0 Å². The SMILES string of the molecule is Cc1cc2ncnc(NC3CCC(n4ncccc4=O)CC3)c2n1C. The lowest BCUT2D eigenvalue weighted by Crippen LogP contribution is -2.33. The van der Waals surface area contributed by atoms with E-state index in [9.17, 15) is 4.79 Å². The molecule has 0 aromatic carbocycles. The standard InChI is InChI=1S/C18H22N6O/c1-12-10-15-17(23(12)2)18(20-11-19-15)22-13-5-7-14(8-6-13)24-16(25)4-3-9-21-24/h3-4,9-11,13-14H,5-8H2,1-2H3,(H,19,20,22). The van der Waals surface area contributed by atoms with Crippen molar-refractivity contribution in [2.24, 2.45) is 7.05 Å². The lowest BCUT2D eigenvalue weighted by molar-refractivity contribution is 0.303. The van der Waals surface area contributed by atoms with E-state index in [2.05, 4.69) is 37.9 Å². The third-order valence-electron chi connectivity index (χ3n) is 5.19. The maximum absolute atomic E-state index is 11.9. The highest BCUT2D eigenvalue weighted by Gasteiger charge is 2.24. The van der Waals surface area contributed by atoms with Gasteiger partial charge in [0.1, 0.15) is 11.8 Å². The van der Waals surface area contributed by atoms with Crippen LogP contribution in [0.5, 0.6) is 0 Å². The van der Waals surface area contributed by atoms with Gasteiger partial charge in [-0.2, -0.15) is 5.10 Å². The number of nitrogens with one attached hydrogen (secondary N) is 1. The molecule has 1 saturated carbocycles. The fourth-order valence-electron chi connectivity index (χ4n) is 3.71. The van der Waals surface area contributed by atoms with Crippen molar-refractivity contribution >= 4 is 16.9 Å². The monoisotopic (exact) mass is 338 g/mol. The van der Waals surface area contributed by atoms with Gasteiger partial charge >= 0.3 is 0 Å². The van der Waals surface area contributed by atoms with Crippen molar-refractivity contribution in [3.05, 3.63) is 46.8 Å². The van der Waals surface area contributed by atoms with Gasteiger partial charge in [-0.25, -0.2) is 14.6 Å². The molecular formula is C18H22N6O. The molecule has 25 heavy (non-hydrogen) atoms. The van der Waals surface area contributed by atoms with Gasteiger partial charge in [0, 0.05) is 31.0 Å². The quantitative estimate of drug-likeness (QED) is 0.793. The molecule has 1 N–H and O–H groups in total. The molecule has 0 amide bonds. The summed E-state index contributed by atoms with van der Waals surface area (Å²) in [6, 6.07) is 5.88. The van der Waals surface area contributed by atoms with Crippen LogP contribution >= 0.6 is 0 Å². The van der Waals surface area contributed by atoms with E-state index in [0.29, 0.717) is 6.04 Å².